The zero-order valence-corrected chi connectivity index (χ0v) is 10.7. The minimum atomic E-state index is -0.461. The first-order valence-electron chi connectivity index (χ1n) is 4.19. The third-order valence-electron chi connectivity index (χ3n) is 1.93. The van der Waals surface area contributed by atoms with E-state index in [0.29, 0.717) is 0 Å². The average Bonchev–Trinajstić information content (AvgIpc) is 2.15. The van der Waals surface area contributed by atoms with E-state index in [9.17, 15) is 0 Å². The van der Waals surface area contributed by atoms with Crippen molar-refractivity contribution in [2.45, 2.75) is 10.5 Å². The molecule has 0 aliphatic heterocycles. The summed E-state index contributed by atoms with van der Waals surface area (Å²) in [5, 5.41) is 0. The highest BCUT2D eigenvalue weighted by Gasteiger charge is 2.21. The molecule has 0 aliphatic rings. The number of nitrogens with two attached hydrogens (primary N) is 1. The van der Waals surface area contributed by atoms with Crippen molar-refractivity contribution in [2.24, 2.45) is 5.73 Å². The molecule has 1 atom stereocenters. The largest absolute Gasteiger partial charge is 0.497 e. The molecule has 0 saturated carbocycles. The van der Waals surface area contributed by atoms with Crippen molar-refractivity contribution in [2.75, 3.05) is 14.2 Å². The summed E-state index contributed by atoms with van der Waals surface area (Å²) < 4.78 is 9.91. The van der Waals surface area contributed by atoms with Crippen LogP contribution in [0.2, 0.25) is 0 Å². The Morgan fingerprint density at radius 1 is 1.29 bits per heavy atom. The quantitative estimate of drug-likeness (QED) is 0.529. The van der Waals surface area contributed by atoms with Gasteiger partial charge in [-0.25, -0.2) is 0 Å². The molecule has 0 fully saturated rings. The van der Waals surface area contributed by atoms with Gasteiger partial charge in [0.25, 0.3) is 0 Å². The standard InChI is InChI=1S/C10H14INO2/c1-10(11,12)8-6-7(13-2)4-5-9(8)14-3/h4-6H,12H2,1-3H3. The summed E-state index contributed by atoms with van der Waals surface area (Å²) in [6, 6.07) is 5.61. The minimum absolute atomic E-state index is 0.461. The van der Waals surface area contributed by atoms with Gasteiger partial charge in [-0.2, -0.15) is 0 Å². The number of rotatable bonds is 3. The van der Waals surface area contributed by atoms with Gasteiger partial charge in [-0.3, -0.25) is 0 Å². The van der Waals surface area contributed by atoms with Crippen LogP contribution in [0.5, 0.6) is 11.5 Å². The van der Waals surface area contributed by atoms with Crippen molar-refractivity contribution >= 4 is 22.6 Å². The lowest BCUT2D eigenvalue weighted by Gasteiger charge is -2.20. The van der Waals surface area contributed by atoms with Gasteiger partial charge in [-0.1, -0.05) is 22.6 Å². The molecule has 0 saturated heterocycles. The van der Waals surface area contributed by atoms with Crippen molar-refractivity contribution in [3.63, 3.8) is 0 Å². The highest BCUT2D eigenvalue weighted by Crippen LogP contribution is 2.35. The van der Waals surface area contributed by atoms with Gasteiger partial charge >= 0.3 is 0 Å². The van der Waals surface area contributed by atoms with Gasteiger partial charge in [0.1, 0.15) is 11.5 Å². The number of benzene rings is 1. The predicted molar refractivity (Wildman–Crippen MR) is 65.1 cm³/mol. The van der Waals surface area contributed by atoms with Crippen LogP contribution in [0.25, 0.3) is 0 Å². The molecule has 1 aromatic carbocycles. The fraction of sp³-hybridized carbons (Fsp3) is 0.400. The molecule has 0 radical (unpaired) electrons. The van der Waals surface area contributed by atoms with Crippen LogP contribution in [-0.4, -0.2) is 14.2 Å². The van der Waals surface area contributed by atoms with Crippen LogP contribution in [0.1, 0.15) is 12.5 Å². The molecule has 0 heterocycles. The molecule has 1 rings (SSSR count). The maximum Gasteiger partial charge on any atom is 0.124 e. The fourth-order valence-corrected chi connectivity index (χ4v) is 1.62. The zero-order valence-electron chi connectivity index (χ0n) is 8.50. The Balaban J connectivity index is 3.22. The molecule has 1 unspecified atom stereocenters. The lowest BCUT2D eigenvalue weighted by Crippen LogP contribution is -2.25. The van der Waals surface area contributed by atoms with Crippen LogP contribution in [0, 0.1) is 0 Å². The fourth-order valence-electron chi connectivity index (χ4n) is 1.20. The first kappa shape index (κ1) is 11.6. The van der Waals surface area contributed by atoms with Gasteiger partial charge in [0.15, 0.2) is 0 Å². The van der Waals surface area contributed by atoms with Gasteiger partial charge in [0.2, 0.25) is 0 Å². The van der Waals surface area contributed by atoms with E-state index in [2.05, 4.69) is 22.6 Å². The van der Waals surface area contributed by atoms with E-state index in [0.717, 1.165) is 17.1 Å². The van der Waals surface area contributed by atoms with Crippen molar-refractivity contribution in [3.05, 3.63) is 23.8 Å². The summed E-state index contributed by atoms with van der Waals surface area (Å²) in [4.78, 5) is 0. The van der Waals surface area contributed by atoms with Crippen LogP contribution in [0.3, 0.4) is 0 Å². The monoisotopic (exact) mass is 307 g/mol. The number of hydrogen-bond acceptors (Lipinski definition) is 3. The molecule has 0 amide bonds. The minimum Gasteiger partial charge on any atom is -0.497 e. The van der Waals surface area contributed by atoms with E-state index in [1.54, 1.807) is 14.2 Å². The number of alkyl halides is 1. The topological polar surface area (TPSA) is 44.5 Å². The van der Waals surface area contributed by atoms with E-state index >= 15 is 0 Å². The number of ether oxygens (including phenoxy) is 2. The molecule has 3 nitrogen and oxygen atoms in total. The molecule has 2 N–H and O–H groups in total. The van der Waals surface area contributed by atoms with Crippen LogP contribution in [0.15, 0.2) is 18.2 Å². The van der Waals surface area contributed by atoms with Crippen LogP contribution in [-0.2, 0) is 3.55 Å². The summed E-state index contributed by atoms with van der Waals surface area (Å²) in [6.45, 7) is 1.92. The molecule has 1 aromatic rings. The van der Waals surface area contributed by atoms with Crippen molar-refractivity contribution < 1.29 is 9.47 Å². The summed E-state index contributed by atoms with van der Waals surface area (Å²) >= 11 is 2.17. The molecule has 78 valence electrons. The molecule has 0 spiro atoms. The van der Waals surface area contributed by atoms with Crippen molar-refractivity contribution in [1.82, 2.24) is 0 Å². The van der Waals surface area contributed by atoms with E-state index in [4.69, 9.17) is 15.2 Å². The van der Waals surface area contributed by atoms with Crippen molar-refractivity contribution in [1.29, 1.82) is 0 Å². The Morgan fingerprint density at radius 2 is 1.93 bits per heavy atom. The molecule has 4 heteroatoms. The number of hydrogen-bond donors (Lipinski definition) is 1. The Kier molecular flexibility index (Phi) is 3.60. The molecule has 0 aliphatic carbocycles. The van der Waals surface area contributed by atoms with Crippen molar-refractivity contribution in [3.8, 4) is 11.5 Å². The Hall–Kier alpha value is -0.490. The van der Waals surface area contributed by atoms with Crippen LogP contribution in [0.4, 0.5) is 0 Å². The molecule has 0 bridgehead atoms. The van der Waals surface area contributed by atoms with Crippen LogP contribution >= 0.6 is 22.6 Å². The Morgan fingerprint density at radius 3 is 2.36 bits per heavy atom. The predicted octanol–water partition coefficient (Wildman–Crippen LogP) is 2.27. The highest BCUT2D eigenvalue weighted by atomic mass is 127. The molecule has 14 heavy (non-hydrogen) atoms. The second-order valence-corrected chi connectivity index (χ2v) is 5.38. The third kappa shape index (κ3) is 2.51. The van der Waals surface area contributed by atoms with Crippen LogP contribution < -0.4 is 15.2 Å². The molecular weight excluding hydrogens is 293 g/mol. The van der Waals surface area contributed by atoms with Gasteiger partial charge in [-0.15, -0.1) is 0 Å². The van der Waals surface area contributed by atoms with E-state index < -0.39 is 3.55 Å². The van der Waals surface area contributed by atoms with E-state index in [1.165, 1.54) is 0 Å². The van der Waals surface area contributed by atoms with E-state index in [-0.39, 0.29) is 0 Å². The lowest BCUT2D eigenvalue weighted by molar-refractivity contribution is 0.395. The summed E-state index contributed by atoms with van der Waals surface area (Å²) in [6.07, 6.45) is 0. The Bertz CT molecular complexity index is 320. The lowest BCUT2D eigenvalue weighted by atomic mass is 10.1. The number of methoxy groups -OCH3 is 2. The maximum atomic E-state index is 6.01. The highest BCUT2D eigenvalue weighted by molar-refractivity contribution is 14.1. The average molecular weight is 307 g/mol. The van der Waals surface area contributed by atoms with E-state index in [1.807, 2.05) is 25.1 Å². The molecular formula is C10H14INO2. The van der Waals surface area contributed by atoms with Gasteiger partial charge in [-0.05, 0) is 25.1 Å². The first-order valence-corrected chi connectivity index (χ1v) is 5.27. The third-order valence-corrected chi connectivity index (χ3v) is 2.51. The maximum absolute atomic E-state index is 6.01. The normalized spacial score (nSPS) is 14.6. The summed E-state index contributed by atoms with van der Waals surface area (Å²) in [7, 11) is 3.26. The smallest absolute Gasteiger partial charge is 0.124 e. The first-order chi connectivity index (χ1) is 6.49. The zero-order chi connectivity index (χ0) is 10.8. The number of halogens is 1. The SMILES string of the molecule is COc1ccc(OC)c(C(C)(N)I)c1. The summed E-state index contributed by atoms with van der Waals surface area (Å²) in [5.41, 5.74) is 6.94. The van der Waals surface area contributed by atoms with Gasteiger partial charge in [0.05, 0.1) is 17.8 Å². The van der Waals surface area contributed by atoms with Gasteiger partial charge in [0, 0.05) is 5.56 Å². The Labute approximate surface area is 97.7 Å². The van der Waals surface area contributed by atoms with Gasteiger partial charge < -0.3 is 15.2 Å². The molecule has 0 aromatic heterocycles. The second kappa shape index (κ2) is 4.35. The second-order valence-electron chi connectivity index (χ2n) is 3.14. The summed E-state index contributed by atoms with van der Waals surface area (Å²) in [5.74, 6) is 1.57.